The second-order valence-corrected chi connectivity index (χ2v) is 6.56. The zero-order valence-electron chi connectivity index (χ0n) is 13.5. The van der Waals surface area contributed by atoms with Crippen molar-refractivity contribution in [3.05, 3.63) is 23.8 Å². The number of carbonyl (C=O) groups is 2. The Morgan fingerprint density at radius 3 is 2.45 bits per heavy atom. The summed E-state index contributed by atoms with van der Waals surface area (Å²) in [6.07, 6.45) is -0.475. The Morgan fingerprint density at radius 1 is 1.27 bits per heavy atom. The maximum Gasteiger partial charge on any atom is 0.415 e. The number of amides is 1. The Morgan fingerprint density at radius 2 is 1.91 bits per heavy atom. The summed E-state index contributed by atoms with van der Waals surface area (Å²) in [6.45, 7) is 9.27. The second-order valence-electron chi connectivity index (χ2n) is 6.56. The molecule has 2 atom stereocenters. The molecule has 1 aliphatic heterocycles. The van der Waals surface area contributed by atoms with Crippen molar-refractivity contribution in [1.29, 1.82) is 0 Å². The number of fused-ring (bicyclic) bond motifs is 1. The van der Waals surface area contributed by atoms with Gasteiger partial charge in [0, 0.05) is 6.04 Å². The summed E-state index contributed by atoms with van der Waals surface area (Å²) in [5.41, 5.74) is 0.771. The fourth-order valence-electron chi connectivity index (χ4n) is 2.37. The minimum atomic E-state index is -1.03. The summed E-state index contributed by atoms with van der Waals surface area (Å²) >= 11 is 0. The first kappa shape index (κ1) is 16.1. The van der Waals surface area contributed by atoms with E-state index in [0.29, 0.717) is 5.69 Å². The molecule has 120 valence electrons. The maximum absolute atomic E-state index is 12.5. The lowest BCUT2D eigenvalue weighted by Gasteiger charge is -2.40. The molecule has 1 aromatic carbocycles. The summed E-state index contributed by atoms with van der Waals surface area (Å²) in [5, 5.41) is 12.4. The van der Waals surface area contributed by atoms with Crippen LogP contribution in [0.3, 0.4) is 0 Å². The van der Waals surface area contributed by atoms with Crippen molar-refractivity contribution in [1.82, 2.24) is 0 Å². The van der Waals surface area contributed by atoms with E-state index >= 15 is 0 Å². The molecule has 0 unspecified atom stereocenters. The van der Waals surface area contributed by atoms with Gasteiger partial charge in [0.15, 0.2) is 0 Å². The number of nitrogens with one attached hydrogen (secondary N) is 1. The quantitative estimate of drug-likeness (QED) is 0.832. The predicted octanol–water partition coefficient (Wildman–Crippen LogP) is 3.33. The van der Waals surface area contributed by atoms with E-state index in [1.165, 1.54) is 17.0 Å². The number of aromatic carboxylic acids is 1. The third-order valence-corrected chi connectivity index (χ3v) is 3.61. The highest BCUT2D eigenvalue weighted by Gasteiger charge is 2.35. The Hall–Kier alpha value is -2.24. The molecule has 0 radical (unpaired) electrons. The number of rotatable bonds is 1. The molecule has 22 heavy (non-hydrogen) atoms. The SMILES string of the molecule is C[C@H]1Nc2ccc(C(=O)O)cc2N(C(=O)OC(C)(C)C)[C@H]1C. The average molecular weight is 306 g/mol. The molecule has 6 heteroatoms. The third-order valence-electron chi connectivity index (χ3n) is 3.61. The number of hydrogen-bond donors (Lipinski definition) is 2. The van der Waals surface area contributed by atoms with Crippen LogP contribution in [0.5, 0.6) is 0 Å². The van der Waals surface area contributed by atoms with Gasteiger partial charge >= 0.3 is 12.1 Å². The van der Waals surface area contributed by atoms with Crippen molar-refractivity contribution in [2.45, 2.75) is 52.3 Å². The number of hydrogen-bond acceptors (Lipinski definition) is 4. The summed E-state index contributed by atoms with van der Waals surface area (Å²) in [7, 11) is 0. The van der Waals surface area contributed by atoms with Gasteiger partial charge in [-0.25, -0.2) is 9.59 Å². The Kier molecular flexibility index (Phi) is 4.04. The zero-order chi connectivity index (χ0) is 16.7. The molecule has 2 N–H and O–H groups in total. The lowest BCUT2D eigenvalue weighted by Crippen LogP contribution is -2.52. The van der Waals surface area contributed by atoms with Gasteiger partial charge in [-0.3, -0.25) is 4.90 Å². The monoisotopic (exact) mass is 306 g/mol. The molecule has 1 aromatic rings. The first-order chi connectivity index (χ1) is 10.1. The van der Waals surface area contributed by atoms with E-state index < -0.39 is 17.7 Å². The van der Waals surface area contributed by atoms with E-state index in [0.717, 1.165) is 5.69 Å². The van der Waals surface area contributed by atoms with Gasteiger partial charge in [0.2, 0.25) is 0 Å². The van der Waals surface area contributed by atoms with E-state index in [4.69, 9.17) is 9.84 Å². The van der Waals surface area contributed by atoms with E-state index in [1.54, 1.807) is 26.8 Å². The average Bonchev–Trinajstić information content (AvgIpc) is 2.37. The van der Waals surface area contributed by atoms with Crippen molar-refractivity contribution in [3.63, 3.8) is 0 Å². The van der Waals surface area contributed by atoms with Crippen LogP contribution in [0.4, 0.5) is 16.2 Å². The van der Waals surface area contributed by atoms with Crippen LogP contribution in [0.25, 0.3) is 0 Å². The van der Waals surface area contributed by atoms with Crippen molar-refractivity contribution in [2.75, 3.05) is 10.2 Å². The molecule has 0 saturated carbocycles. The van der Waals surface area contributed by atoms with Gasteiger partial charge in [-0.05, 0) is 52.8 Å². The van der Waals surface area contributed by atoms with Crippen LogP contribution < -0.4 is 10.2 Å². The van der Waals surface area contributed by atoms with Crippen LogP contribution in [0.15, 0.2) is 18.2 Å². The summed E-state index contributed by atoms with van der Waals surface area (Å²) in [6, 6.07) is 4.56. The lowest BCUT2D eigenvalue weighted by molar-refractivity contribution is 0.0562. The third kappa shape index (κ3) is 3.16. The normalized spacial score (nSPS) is 20.9. The van der Waals surface area contributed by atoms with Gasteiger partial charge in [0.05, 0.1) is 23.0 Å². The number of anilines is 2. The standard InChI is InChI=1S/C16H22N2O4/c1-9-10(2)18(15(21)22-16(3,4)5)13-8-11(14(19)20)6-7-12(13)17-9/h6-10,17H,1-5H3,(H,19,20)/t9-,10+/m1/s1. The number of ether oxygens (including phenoxy) is 1. The molecule has 0 aromatic heterocycles. The number of carbonyl (C=O) groups excluding carboxylic acids is 1. The number of carboxylic acids is 1. The maximum atomic E-state index is 12.5. The van der Waals surface area contributed by atoms with Crippen molar-refractivity contribution >= 4 is 23.4 Å². The van der Waals surface area contributed by atoms with Gasteiger partial charge in [0.25, 0.3) is 0 Å². The lowest BCUT2D eigenvalue weighted by atomic mass is 10.0. The molecule has 1 amide bonds. The molecule has 1 heterocycles. The van der Waals surface area contributed by atoms with E-state index in [1.807, 2.05) is 13.8 Å². The molecule has 2 rings (SSSR count). The molecular weight excluding hydrogens is 284 g/mol. The topological polar surface area (TPSA) is 78.9 Å². The summed E-state index contributed by atoms with van der Waals surface area (Å²) < 4.78 is 5.46. The number of carboxylic acid groups (broad SMARTS) is 1. The van der Waals surface area contributed by atoms with E-state index in [2.05, 4.69) is 5.32 Å². The van der Waals surface area contributed by atoms with Gasteiger partial charge in [-0.2, -0.15) is 0 Å². The van der Waals surface area contributed by atoms with Crippen molar-refractivity contribution in [3.8, 4) is 0 Å². The van der Waals surface area contributed by atoms with Crippen molar-refractivity contribution in [2.24, 2.45) is 0 Å². The second kappa shape index (κ2) is 5.51. The molecule has 0 fully saturated rings. The summed E-state index contributed by atoms with van der Waals surface area (Å²) in [5.74, 6) is -1.03. The number of benzene rings is 1. The number of nitrogens with zero attached hydrogens (tertiary/aromatic N) is 1. The van der Waals surface area contributed by atoms with Crippen LogP contribution >= 0.6 is 0 Å². The Bertz CT molecular complexity index is 607. The van der Waals surface area contributed by atoms with Gasteiger partial charge in [-0.1, -0.05) is 0 Å². The van der Waals surface area contributed by atoms with Gasteiger partial charge in [0.1, 0.15) is 5.60 Å². The fourth-order valence-corrected chi connectivity index (χ4v) is 2.37. The zero-order valence-corrected chi connectivity index (χ0v) is 13.5. The highest BCUT2D eigenvalue weighted by Crippen LogP contribution is 2.35. The minimum Gasteiger partial charge on any atom is -0.478 e. The fraction of sp³-hybridized carbons (Fsp3) is 0.500. The van der Waals surface area contributed by atoms with Crippen LogP contribution in [-0.4, -0.2) is 34.9 Å². The predicted molar refractivity (Wildman–Crippen MR) is 84.7 cm³/mol. The van der Waals surface area contributed by atoms with Crippen LogP contribution in [0.1, 0.15) is 45.0 Å². The van der Waals surface area contributed by atoms with Crippen LogP contribution in [-0.2, 0) is 4.74 Å². The molecule has 0 bridgehead atoms. The van der Waals surface area contributed by atoms with Crippen LogP contribution in [0.2, 0.25) is 0 Å². The molecular formula is C16H22N2O4. The van der Waals surface area contributed by atoms with Gasteiger partial charge < -0.3 is 15.2 Å². The Balaban J connectivity index is 2.46. The molecule has 0 spiro atoms. The van der Waals surface area contributed by atoms with Gasteiger partial charge in [-0.15, -0.1) is 0 Å². The smallest absolute Gasteiger partial charge is 0.415 e. The van der Waals surface area contributed by atoms with Crippen LogP contribution in [0, 0.1) is 0 Å². The first-order valence-electron chi connectivity index (χ1n) is 7.26. The largest absolute Gasteiger partial charge is 0.478 e. The highest BCUT2D eigenvalue weighted by atomic mass is 16.6. The minimum absolute atomic E-state index is 0.0238. The van der Waals surface area contributed by atoms with E-state index in [-0.39, 0.29) is 17.6 Å². The molecule has 1 aliphatic rings. The summed E-state index contributed by atoms with van der Waals surface area (Å²) in [4.78, 5) is 25.2. The Labute approximate surface area is 130 Å². The highest BCUT2D eigenvalue weighted by molar-refractivity contribution is 5.98. The van der Waals surface area contributed by atoms with Crippen molar-refractivity contribution < 1.29 is 19.4 Å². The molecule has 6 nitrogen and oxygen atoms in total. The van der Waals surface area contributed by atoms with E-state index in [9.17, 15) is 9.59 Å². The first-order valence-corrected chi connectivity index (χ1v) is 7.26. The molecule has 0 aliphatic carbocycles. The molecule has 0 saturated heterocycles.